The molecule has 0 heterocycles. The molecule has 0 nitrogen and oxygen atoms in total. The van der Waals surface area contributed by atoms with Gasteiger partial charge in [-0.15, -0.1) is 0 Å². The molecule has 59 valence electrons. The first kappa shape index (κ1) is 9.74. The fourth-order valence-corrected chi connectivity index (χ4v) is 1.03. The van der Waals surface area contributed by atoms with Crippen molar-refractivity contribution in [3.8, 4) is 0 Å². The second-order valence-corrected chi connectivity index (χ2v) is 2.77. The largest absolute Gasteiger partial charge is 0.0859 e. The van der Waals surface area contributed by atoms with Gasteiger partial charge in [0.05, 0.1) is 0 Å². The number of unbranched alkanes of at least 4 members (excludes halogenated alkanes) is 2. The van der Waals surface area contributed by atoms with Crippen molar-refractivity contribution in [3.63, 3.8) is 0 Å². The van der Waals surface area contributed by atoms with Crippen LogP contribution in [-0.4, -0.2) is 0 Å². The zero-order valence-corrected chi connectivity index (χ0v) is 7.32. The number of hydrogen-bond acceptors (Lipinski definition) is 0. The van der Waals surface area contributed by atoms with Crippen LogP contribution in [0.3, 0.4) is 0 Å². The van der Waals surface area contributed by atoms with Crippen LogP contribution in [0.15, 0.2) is 11.6 Å². The maximum absolute atomic E-state index is 3.81. The lowest BCUT2D eigenvalue weighted by Gasteiger charge is -1.98. The van der Waals surface area contributed by atoms with E-state index < -0.39 is 0 Å². The Morgan fingerprint density at radius 2 is 2.10 bits per heavy atom. The minimum absolute atomic E-state index is 1.08. The van der Waals surface area contributed by atoms with Gasteiger partial charge in [0.25, 0.3) is 0 Å². The molecule has 0 aliphatic heterocycles. The molecule has 0 atom stereocenters. The van der Waals surface area contributed by atoms with Crippen LogP contribution in [-0.2, 0) is 0 Å². The van der Waals surface area contributed by atoms with Gasteiger partial charge in [0.15, 0.2) is 0 Å². The number of rotatable bonds is 5. The highest BCUT2D eigenvalue weighted by atomic mass is 13.9. The molecule has 0 aromatic carbocycles. The van der Waals surface area contributed by atoms with Gasteiger partial charge in [-0.1, -0.05) is 38.3 Å². The quantitative estimate of drug-likeness (QED) is 0.402. The van der Waals surface area contributed by atoms with Crippen LogP contribution in [0.4, 0.5) is 0 Å². The van der Waals surface area contributed by atoms with E-state index in [0.717, 1.165) is 6.42 Å². The highest BCUT2D eigenvalue weighted by molar-refractivity contribution is 4.96. The monoisotopic (exact) mass is 139 g/mol. The van der Waals surface area contributed by atoms with E-state index in [0.29, 0.717) is 0 Å². The van der Waals surface area contributed by atoms with Crippen LogP contribution in [0.5, 0.6) is 0 Å². The summed E-state index contributed by atoms with van der Waals surface area (Å²) in [5.41, 5.74) is 1.54. The van der Waals surface area contributed by atoms with Gasteiger partial charge >= 0.3 is 0 Å². The molecule has 0 unspecified atom stereocenters. The Hall–Kier alpha value is -0.260. The van der Waals surface area contributed by atoms with E-state index in [4.69, 9.17) is 0 Å². The normalized spacial score (nSPS) is 12.1. The maximum atomic E-state index is 3.81. The van der Waals surface area contributed by atoms with Crippen LogP contribution in [0.1, 0.15) is 46.0 Å². The van der Waals surface area contributed by atoms with E-state index in [1.807, 2.05) is 0 Å². The average Bonchev–Trinajstić information content (AvgIpc) is 1.89. The van der Waals surface area contributed by atoms with Crippen LogP contribution < -0.4 is 0 Å². The summed E-state index contributed by atoms with van der Waals surface area (Å²) < 4.78 is 0. The summed E-state index contributed by atoms with van der Waals surface area (Å²) in [7, 11) is 0. The second kappa shape index (κ2) is 6.85. The Morgan fingerprint density at radius 3 is 2.60 bits per heavy atom. The lowest BCUT2D eigenvalue weighted by Crippen LogP contribution is -1.78. The Morgan fingerprint density at radius 1 is 1.40 bits per heavy atom. The van der Waals surface area contributed by atoms with Gasteiger partial charge in [-0.3, -0.25) is 0 Å². The summed E-state index contributed by atoms with van der Waals surface area (Å²) in [5, 5.41) is 0. The Balaban J connectivity index is 3.21. The Bertz CT molecular complexity index is 90.2. The molecule has 1 radical (unpaired) electrons. The summed E-state index contributed by atoms with van der Waals surface area (Å²) in [6.45, 7) is 8.21. The van der Waals surface area contributed by atoms with Crippen molar-refractivity contribution in [2.45, 2.75) is 46.0 Å². The highest BCUT2D eigenvalue weighted by Gasteiger charge is 1.87. The fourth-order valence-electron chi connectivity index (χ4n) is 1.03. The smallest absolute Gasteiger partial charge is 0.0323 e. The molecule has 0 heteroatoms. The molecule has 10 heavy (non-hydrogen) atoms. The van der Waals surface area contributed by atoms with E-state index in [9.17, 15) is 0 Å². The van der Waals surface area contributed by atoms with Crippen LogP contribution >= 0.6 is 0 Å². The van der Waals surface area contributed by atoms with Crippen molar-refractivity contribution in [2.75, 3.05) is 0 Å². The molecule has 0 bridgehead atoms. The molecule has 0 rings (SSSR count). The SMILES string of the molecule is [CH2]CCCCC(C)=CCC. The minimum atomic E-state index is 1.08. The minimum Gasteiger partial charge on any atom is -0.0859 e. The number of allylic oxidation sites excluding steroid dienone is 2. The first-order valence-corrected chi connectivity index (χ1v) is 4.26. The van der Waals surface area contributed by atoms with Crippen LogP contribution in [0.25, 0.3) is 0 Å². The van der Waals surface area contributed by atoms with Crippen molar-refractivity contribution in [2.24, 2.45) is 0 Å². The van der Waals surface area contributed by atoms with Crippen molar-refractivity contribution in [3.05, 3.63) is 18.6 Å². The van der Waals surface area contributed by atoms with E-state index in [1.165, 1.54) is 31.3 Å². The molecule has 0 saturated heterocycles. The van der Waals surface area contributed by atoms with E-state index >= 15 is 0 Å². The topological polar surface area (TPSA) is 0 Å². The molecule has 0 amide bonds. The van der Waals surface area contributed by atoms with E-state index in [-0.39, 0.29) is 0 Å². The maximum Gasteiger partial charge on any atom is -0.0323 e. The first-order valence-electron chi connectivity index (χ1n) is 4.26. The fraction of sp³-hybridized carbons (Fsp3) is 0.700. The molecule has 0 aliphatic rings. The van der Waals surface area contributed by atoms with Crippen molar-refractivity contribution >= 4 is 0 Å². The molecule has 0 fully saturated rings. The van der Waals surface area contributed by atoms with Crippen LogP contribution in [0, 0.1) is 6.92 Å². The number of hydrogen-bond donors (Lipinski definition) is 0. The van der Waals surface area contributed by atoms with Gasteiger partial charge < -0.3 is 0 Å². The molecule has 0 aromatic heterocycles. The third-order valence-corrected chi connectivity index (χ3v) is 1.62. The van der Waals surface area contributed by atoms with Crippen molar-refractivity contribution < 1.29 is 0 Å². The highest BCUT2D eigenvalue weighted by Crippen LogP contribution is 2.07. The Kier molecular flexibility index (Phi) is 6.68. The first-order chi connectivity index (χ1) is 4.81. The predicted octanol–water partition coefficient (Wildman–Crippen LogP) is 3.74. The zero-order valence-electron chi connectivity index (χ0n) is 7.32. The summed E-state index contributed by atoms with van der Waals surface area (Å²) in [6.07, 6.45) is 8.42. The Labute approximate surface area is 65.3 Å². The van der Waals surface area contributed by atoms with Gasteiger partial charge in [-0.05, 0) is 26.2 Å². The van der Waals surface area contributed by atoms with Gasteiger partial charge in [-0.2, -0.15) is 0 Å². The summed E-state index contributed by atoms with van der Waals surface area (Å²) in [5.74, 6) is 0. The van der Waals surface area contributed by atoms with E-state index in [1.54, 1.807) is 0 Å². The van der Waals surface area contributed by atoms with Gasteiger partial charge in [0, 0.05) is 0 Å². The molecular weight excluding hydrogens is 120 g/mol. The molecular formula is C10H19. The molecule has 0 aliphatic carbocycles. The van der Waals surface area contributed by atoms with Crippen molar-refractivity contribution in [1.29, 1.82) is 0 Å². The third-order valence-electron chi connectivity index (χ3n) is 1.62. The summed E-state index contributed by atoms with van der Waals surface area (Å²) >= 11 is 0. The van der Waals surface area contributed by atoms with Crippen molar-refractivity contribution in [1.82, 2.24) is 0 Å². The molecule has 0 N–H and O–H groups in total. The average molecular weight is 139 g/mol. The summed E-state index contributed by atoms with van der Waals surface area (Å²) in [6, 6.07) is 0. The standard InChI is InChI=1S/C10H19/c1-4-6-7-9-10(3)8-5-2/h8H,1,4-7,9H2,2-3H3. The predicted molar refractivity (Wildman–Crippen MR) is 47.9 cm³/mol. The lowest BCUT2D eigenvalue weighted by molar-refractivity contribution is 0.738. The summed E-state index contributed by atoms with van der Waals surface area (Å²) in [4.78, 5) is 0. The second-order valence-electron chi connectivity index (χ2n) is 2.77. The lowest BCUT2D eigenvalue weighted by atomic mass is 10.1. The van der Waals surface area contributed by atoms with Gasteiger partial charge in [0.2, 0.25) is 0 Å². The van der Waals surface area contributed by atoms with Crippen LogP contribution in [0.2, 0.25) is 0 Å². The van der Waals surface area contributed by atoms with E-state index in [2.05, 4.69) is 26.8 Å². The van der Waals surface area contributed by atoms with Gasteiger partial charge in [0.1, 0.15) is 0 Å². The zero-order chi connectivity index (χ0) is 7.82. The third kappa shape index (κ3) is 5.87. The molecule has 0 aromatic rings. The molecule has 0 spiro atoms. The molecule has 0 saturated carbocycles. The van der Waals surface area contributed by atoms with Gasteiger partial charge in [-0.25, -0.2) is 0 Å².